The van der Waals surface area contributed by atoms with E-state index in [2.05, 4.69) is 20.5 Å². The Bertz CT molecular complexity index is 1180. The number of pyridine rings is 1. The van der Waals surface area contributed by atoms with Crippen molar-refractivity contribution in [1.82, 2.24) is 19.4 Å². The summed E-state index contributed by atoms with van der Waals surface area (Å²) < 4.78 is 7.99. The molecule has 1 aromatic carbocycles. The first-order chi connectivity index (χ1) is 16.8. The van der Waals surface area contributed by atoms with Gasteiger partial charge >= 0.3 is 5.97 Å². The number of benzene rings is 1. The second-order valence-electron chi connectivity index (χ2n) is 10.1. The summed E-state index contributed by atoms with van der Waals surface area (Å²) in [6.07, 6.45) is 9.28. The lowest BCUT2D eigenvalue weighted by Crippen LogP contribution is -2.21. The number of ether oxygens (including phenoxy) is 1. The molecule has 0 aliphatic heterocycles. The highest BCUT2D eigenvalue weighted by atomic mass is 16.5. The Labute approximate surface area is 208 Å². The van der Waals surface area contributed by atoms with Gasteiger partial charge in [0.1, 0.15) is 5.75 Å². The molecule has 1 N–H and O–H groups in total. The largest absolute Gasteiger partial charge is 0.507 e. The molecule has 0 atom stereocenters. The summed E-state index contributed by atoms with van der Waals surface area (Å²) >= 11 is 0. The van der Waals surface area contributed by atoms with E-state index in [1.165, 1.54) is 19.3 Å². The average molecular weight is 479 g/mol. The van der Waals surface area contributed by atoms with Crippen molar-refractivity contribution in [3.8, 4) is 16.9 Å². The summed E-state index contributed by atoms with van der Waals surface area (Å²) in [6, 6.07) is 6.21. The van der Waals surface area contributed by atoms with Crippen LogP contribution in [0.2, 0.25) is 0 Å². The molecule has 0 spiro atoms. The third-order valence-electron chi connectivity index (χ3n) is 6.80. The number of esters is 1. The Kier molecular flexibility index (Phi) is 7.77. The van der Waals surface area contributed by atoms with Crippen molar-refractivity contribution in [1.29, 1.82) is 0 Å². The fourth-order valence-electron chi connectivity index (χ4n) is 5.44. The van der Waals surface area contributed by atoms with Crippen molar-refractivity contribution in [2.24, 2.45) is 0 Å². The van der Waals surface area contributed by atoms with Gasteiger partial charge in [-0.2, -0.15) is 0 Å². The van der Waals surface area contributed by atoms with E-state index in [0.29, 0.717) is 31.3 Å². The lowest BCUT2D eigenvalue weighted by atomic mass is 9.94. The Hall–Kier alpha value is -2.90. The summed E-state index contributed by atoms with van der Waals surface area (Å²) in [5.74, 6) is -0.126. The van der Waals surface area contributed by atoms with Crippen molar-refractivity contribution >= 4 is 16.9 Å². The van der Waals surface area contributed by atoms with Crippen molar-refractivity contribution in [3.05, 3.63) is 47.4 Å². The maximum absolute atomic E-state index is 13.5. The molecule has 0 amide bonds. The Balaban J connectivity index is 2.14. The standard InChI is InChI=1S/C28H38N4O3/c1-6-35-28(34)26-24(18-31(4)5)32(20-12-8-7-9-13-20)23-15-21(19-11-10-14-29-16-19)27(33)22(25(23)26)17-30(2)3/h10-11,14-16,20,33H,6-9,12-13,17-18H2,1-5H3. The first kappa shape index (κ1) is 25.2. The van der Waals surface area contributed by atoms with E-state index in [4.69, 9.17) is 4.74 Å². The number of rotatable bonds is 8. The summed E-state index contributed by atoms with van der Waals surface area (Å²) in [7, 11) is 8.00. The van der Waals surface area contributed by atoms with E-state index in [1.807, 2.05) is 52.1 Å². The van der Waals surface area contributed by atoms with Gasteiger partial charge in [-0.15, -0.1) is 0 Å². The minimum absolute atomic E-state index is 0.196. The molecule has 7 nitrogen and oxygen atoms in total. The lowest BCUT2D eigenvalue weighted by Gasteiger charge is -2.28. The molecule has 2 heterocycles. The van der Waals surface area contributed by atoms with E-state index in [-0.39, 0.29) is 11.7 Å². The molecular formula is C28H38N4O3. The van der Waals surface area contributed by atoms with Gasteiger partial charge in [0.2, 0.25) is 0 Å². The van der Waals surface area contributed by atoms with Gasteiger partial charge in [0, 0.05) is 59.3 Å². The molecule has 7 heteroatoms. The number of hydrogen-bond acceptors (Lipinski definition) is 6. The molecule has 0 saturated heterocycles. The highest BCUT2D eigenvalue weighted by molar-refractivity contribution is 6.09. The number of phenols is 1. The van der Waals surface area contributed by atoms with Crippen molar-refractivity contribution < 1.29 is 14.6 Å². The van der Waals surface area contributed by atoms with E-state index in [1.54, 1.807) is 12.4 Å². The van der Waals surface area contributed by atoms with Crippen LogP contribution in [0, 0.1) is 0 Å². The van der Waals surface area contributed by atoms with Gasteiger partial charge in [-0.25, -0.2) is 4.79 Å². The van der Waals surface area contributed by atoms with Gasteiger partial charge in [-0.3, -0.25) is 4.98 Å². The topological polar surface area (TPSA) is 70.8 Å². The zero-order chi connectivity index (χ0) is 25.1. The molecule has 1 saturated carbocycles. The van der Waals surface area contributed by atoms with Crippen LogP contribution in [0.3, 0.4) is 0 Å². The fourth-order valence-corrected chi connectivity index (χ4v) is 5.44. The van der Waals surface area contributed by atoms with Crippen LogP contribution in [0.5, 0.6) is 5.75 Å². The fraction of sp³-hybridized carbons (Fsp3) is 0.500. The van der Waals surface area contributed by atoms with Gasteiger partial charge in [0.05, 0.1) is 17.7 Å². The van der Waals surface area contributed by atoms with Gasteiger partial charge in [-0.05, 0) is 60.1 Å². The van der Waals surface area contributed by atoms with Crippen LogP contribution in [0.4, 0.5) is 0 Å². The van der Waals surface area contributed by atoms with E-state index in [0.717, 1.165) is 46.1 Å². The Morgan fingerprint density at radius 1 is 1.14 bits per heavy atom. The Morgan fingerprint density at radius 3 is 2.46 bits per heavy atom. The summed E-state index contributed by atoms with van der Waals surface area (Å²) in [6.45, 7) is 3.25. The minimum atomic E-state index is -0.322. The van der Waals surface area contributed by atoms with Crippen molar-refractivity contribution in [3.63, 3.8) is 0 Å². The smallest absolute Gasteiger partial charge is 0.340 e. The van der Waals surface area contributed by atoms with E-state index >= 15 is 0 Å². The molecule has 188 valence electrons. The quantitative estimate of drug-likeness (QED) is 0.448. The number of phenolic OH excluding ortho intramolecular Hbond substituents is 1. The molecule has 1 aliphatic carbocycles. The third kappa shape index (κ3) is 5.07. The first-order valence-corrected chi connectivity index (χ1v) is 12.6. The molecule has 2 aromatic heterocycles. The normalized spacial score (nSPS) is 14.8. The number of aromatic hydroxyl groups is 1. The second kappa shape index (κ2) is 10.8. The average Bonchev–Trinajstić information content (AvgIpc) is 3.14. The molecule has 3 aromatic rings. The molecular weight excluding hydrogens is 440 g/mol. The molecule has 0 unspecified atom stereocenters. The summed E-state index contributed by atoms with van der Waals surface area (Å²) in [4.78, 5) is 21.9. The van der Waals surface area contributed by atoms with Crippen LogP contribution in [0.15, 0.2) is 30.6 Å². The number of carbonyl (C=O) groups excluding carboxylic acids is 1. The second-order valence-corrected chi connectivity index (χ2v) is 10.1. The maximum atomic E-state index is 13.5. The highest BCUT2D eigenvalue weighted by Crippen LogP contribution is 2.44. The summed E-state index contributed by atoms with van der Waals surface area (Å²) in [5, 5.41) is 12.4. The molecule has 4 rings (SSSR count). The number of fused-ring (bicyclic) bond motifs is 1. The zero-order valence-electron chi connectivity index (χ0n) is 21.7. The number of aromatic nitrogens is 2. The minimum Gasteiger partial charge on any atom is -0.507 e. The number of carbonyl (C=O) groups is 1. The van der Waals surface area contributed by atoms with Crippen LogP contribution < -0.4 is 0 Å². The van der Waals surface area contributed by atoms with Gasteiger partial charge < -0.3 is 24.2 Å². The number of nitrogens with zero attached hydrogens (tertiary/aromatic N) is 4. The molecule has 1 aliphatic rings. The van der Waals surface area contributed by atoms with Crippen LogP contribution in [-0.4, -0.2) is 65.2 Å². The monoisotopic (exact) mass is 478 g/mol. The molecule has 35 heavy (non-hydrogen) atoms. The third-order valence-corrected chi connectivity index (χ3v) is 6.80. The highest BCUT2D eigenvalue weighted by Gasteiger charge is 2.32. The maximum Gasteiger partial charge on any atom is 0.340 e. The molecule has 0 bridgehead atoms. The Morgan fingerprint density at radius 2 is 1.86 bits per heavy atom. The first-order valence-electron chi connectivity index (χ1n) is 12.6. The van der Waals surface area contributed by atoms with E-state index in [9.17, 15) is 9.90 Å². The lowest BCUT2D eigenvalue weighted by molar-refractivity contribution is 0.0526. The van der Waals surface area contributed by atoms with Gasteiger partial charge in [0.15, 0.2) is 0 Å². The SMILES string of the molecule is CCOC(=O)c1c(CN(C)C)n(C2CCCCC2)c2cc(-c3cccnc3)c(O)c(CN(C)C)c12. The van der Waals surface area contributed by atoms with Crippen LogP contribution in [0.1, 0.15) is 66.7 Å². The zero-order valence-corrected chi connectivity index (χ0v) is 21.7. The molecule has 0 radical (unpaired) electrons. The molecule has 1 fully saturated rings. The van der Waals surface area contributed by atoms with Crippen LogP contribution >= 0.6 is 0 Å². The van der Waals surface area contributed by atoms with Crippen molar-refractivity contribution in [2.75, 3.05) is 34.8 Å². The van der Waals surface area contributed by atoms with Gasteiger partial charge in [-0.1, -0.05) is 25.3 Å². The predicted octanol–water partition coefficient (Wildman–Crippen LogP) is 5.21. The summed E-state index contributed by atoms with van der Waals surface area (Å²) in [5.41, 5.74) is 4.90. The van der Waals surface area contributed by atoms with Crippen LogP contribution in [-0.2, 0) is 17.8 Å². The predicted molar refractivity (Wildman–Crippen MR) is 140 cm³/mol. The number of hydrogen-bond donors (Lipinski definition) is 1. The van der Waals surface area contributed by atoms with Gasteiger partial charge in [0.25, 0.3) is 0 Å². The van der Waals surface area contributed by atoms with Crippen molar-refractivity contribution in [2.45, 2.75) is 58.2 Å². The van der Waals surface area contributed by atoms with E-state index < -0.39 is 0 Å². The van der Waals surface area contributed by atoms with Crippen LogP contribution in [0.25, 0.3) is 22.0 Å².